The number of amides is 1. The van der Waals surface area contributed by atoms with Gasteiger partial charge in [0.2, 0.25) is 5.91 Å². The summed E-state index contributed by atoms with van der Waals surface area (Å²) in [5.41, 5.74) is 3.14. The summed E-state index contributed by atoms with van der Waals surface area (Å²) in [6.45, 7) is 7.71. The van der Waals surface area contributed by atoms with E-state index < -0.39 is 0 Å². The predicted molar refractivity (Wildman–Crippen MR) is 134 cm³/mol. The number of carbonyl (C=O) groups excluding carboxylic acids is 1. The Labute approximate surface area is 207 Å². The third-order valence-electron chi connectivity index (χ3n) is 7.93. The Bertz CT molecular complexity index is 1140. The molecule has 1 amide bonds. The topological polar surface area (TPSA) is 66.1 Å². The molecule has 0 saturated carbocycles. The van der Waals surface area contributed by atoms with E-state index in [-0.39, 0.29) is 29.6 Å². The minimum atomic E-state index is -0.372. The van der Waals surface area contributed by atoms with E-state index in [1.165, 1.54) is 11.1 Å². The normalized spacial score (nSPS) is 28.3. The second-order valence-electron chi connectivity index (χ2n) is 10.1. The standard InChI is InChI=1S/C28H34N4O3/c1-3-34-15-9-14-31-18-24-28(2)25(20-12-7-8-13-21(20)30-28)35-23-16-22(27(31)33)32(24)26(23)29-17-19-10-5-4-6-11-19/h4-8,10-13,22,24-25,29-30H,3,9,14-18H2,1-2H3/t22-,24-,25?,28+/m0/s1. The highest BCUT2D eigenvalue weighted by atomic mass is 16.5. The highest BCUT2D eigenvalue weighted by Gasteiger charge is 2.61. The molecule has 4 aliphatic heterocycles. The molecular weight excluding hydrogens is 440 g/mol. The summed E-state index contributed by atoms with van der Waals surface area (Å²) in [6.07, 6.45) is 1.34. The van der Waals surface area contributed by atoms with Gasteiger partial charge in [-0.3, -0.25) is 4.79 Å². The van der Waals surface area contributed by atoms with Gasteiger partial charge in [-0.1, -0.05) is 48.5 Å². The molecular formula is C28H34N4O3. The first-order valence-electron chi connectivity index (χ1n) is 12.8. The van der Waals surface area contributed by atoms with Crippen LogP contribution in [-0.4, -0.2) is 59.6 Å². The van der Waals surface area contributed by atoms with Gasteiger partial charge in [-0.2, -0.15) is 0 Å². The van der Waals surface area contributed by atoms with Crippen molar-refractivity contribution in [1.29, 1.82) is 0 Å². The number of nitrogens with zero attached hydrogens (tertiary/aromatic N) is 2. The molecule has 2 bridgehead atoms. The highest BCUT2D eigenvalue weighted by molar-refractivity contribution is 5.84. The van der Waals surface area contributed by atoms with Crippen molar-refractivity contribution in [3.05, 3.63) is 77.3 Å². The van der Waals surface area contributed by atoms with Gasteiger partial charge < -0.3 is 29.9 Å². The van der Waals surface area contributed by atoms with Crippen LogP contribution in [-0.2, 0) is 20.8 Å². The zero-order valence-corrected chi connectivity index (χ0v) is 20.5. The Balaban J connectivity index is 1.34. The van der Waals surface area contributed by atoms with E-state index in [2.05, 4.69) is 75.9 Å². The summed E-state index contributed by atoms with van der Waals surface area (Å²) in [6, 6.07) is 18.6. The third kappa shape index (κ3) is 3.64. The first-order valence-corrected chi connectivity index (χ1v) is 12.8. The molecule has 4 atom stereocenters. The van der Waals surface area contributed by atoms with Crippen molar-refractivity contribution in [2.75, 3.05) is 31.6 Å². The van der Waals surface area contributed by atoms with Crippen LogP contribution in [0.1, 0.15) is 43.9 Å². The van der Waals surface area contributed by atoms with E-state index in [1.54, 1.807) is 0 Å². The quantitative estimate of drug-likeness (QED) is 0.570. The maximum atomic E-state index is 13.6. The molecule has 6 rings (SSSR count). The fourth-order valence-corrected chi connectivity index (χ4v) is 6.21. The van der Waals surface area contributed by atoms with Crippen molar-refractivity contribution in [2.45, 2.75) is 57.0 Å². The lowest BCUT2D eigenvalue weighted by Crippen LogP contribution is -2.69. The van der Waals surface area contributed by atoms with Crippen LogP contribution >= 0.6 is 0 Å². The van der Waals surface area contributed by atoms with Crippen LogP contribution in [0.25, 0.3) is 0 Å². The number of para-hydroxylation sites is 1. The van der Waals surface area contributed by atoms with E-state index in [0.29, 0.717) is 32.7 Å². The molecule has 0 aromatic heterocycles. The van der Waals surface area contributed by atoms with Gasteiger partial charge in [0.25, 0.3) is 0 Å². The number of rotatable bonds is 8. The monoisotopic (exact) mass is 474 g/mol. The van der Waals surface area contributed by atoms with Crippen LogP contribution in [0, 0.1) is 0 Å². The van der Waals surface area contributed by atoms with E-state index in [0.717, 1.165) is 30.2 Å². The molecule has 2 aromatic carbocycles. The van der Waals surface area contributed by atoms with Gasteiger partial charge in [-0.25, -0.2) is 0 Å². The van der Waals surface area contributed by atoms with Crippen molar-refractivity contribution in [1.82, 2.24) is 15.1 Å². The van der Waals surface area contributed by atoms with Crippen molar-refractivity contribution in [3.63, 3.8) is 0 Å². The Morgan fingerprint density at radius 3 is 2.80 bits per heavy atom. The lowest BCUT2D eigenvalue weighted by atomic mass is 9.82. The van der Waals surface area contributed by atoms with Crippen LogP contribution in [0.15, 0.2) is 66.2 Å². The van der Waals surface area contributed by atoms with Crippen LogP contribution in [0.5, 0.6) is 0 Å². The molecule has 184 valence electrons. The average Bonchev–Trinajstić information content (AvgIpc) is 3.35. The van der Waals surface area contributed by atoms with Gasteiger partial charge in [-0.15, -0.1) is 0 Å². The average molecular weight is 475 g/mol. The molecule has 2 aromatic rings. The minimum Gasteiger partial charge on any atom is -0.484 e. The number of nitrogens with one attached hydrogen (secondary N) is 2. The molecule has 0 radical (unpaired) electrons. The Morgan fingerprint density at radius 1 is 1.17 bits per heavy atom. The summed E-state index contributed by atoms with van der Waals surface area (Å²) in [5, 5.41) is 7.47. The summed E-state index contributed by atoms with van der Waals surface area (Å²) in [5.74, 6) is 2.06. The van der Waals surface area contributed by atoms with Crippen molar-refractivity contribution >= 4 is 11.6 Å². The van der Waals surface area contributed by atoms with Crippen molar-refractivity contribution in [2.24, 2.45) is 0 Å². The molecule has 1 saturated heterocycles. The first-order chi connectivity index (χ1) is 17.1. The van der Waals surface area contributed by atoms with Crippen LogP contribution in [0.3, 0.4) is 0 Å². The lowest BCUT2D eigenvalue weighted by Gasteiger charge is -2.52. The number of anilines is 1. The number of hydrogen-bond acceptors (Lipinski definition) is 6. The van der Waals surface area contributed by atoms with Gasteiger partial charge in [0.05, 0.1) is 11.6 Å². The molecule has 2 N–H and O–H groups in total. The predicted octanol–water partition coefficient (Wildman–Crippen LogP) is 3.61. The summed E-state index contributed by atoms with van der Waals surface area (Å²) in [7, 11) is 0. The summed E-state index contributed by atoms with van der Waals surface area (Å²) < 4.78 is 12.4. The SMILES string of the molecule is CCOCCCN1C[C@@H]2N3C(NCc4ccccc4)=C(C[C@H]3C1=O)OC1c3ccccc3N[C@@]12C. The highest BCUT2D eigenvalue weighted by Crippen LogP contribution is 2.53. The molecule has 0 aliphatic carbocycles. The van der Waals surface area contributed by atoms with Gasteiger partial charge >= 0.3 is 0 Å². The van der Waals surface area contributed by atoms with Gasteiger partial charge in [0.15, 0.2) is 6.10 Å². The zero-order chi connectivity index (χ0) is 24.0. The lowest BCUT2D eigenvalue weighted by molar-refractivity contribution is -0.146. The maximum Gasteiger partial charge on any atom is 0.245 e. The number of benzene rings is 2. The molecule has 1 fully saturated rings. The largest absolute Gasteiger partial charge is 0.484 e. The minimum absolute atomic E-state index is 0.0629. The second kappa shape index (κ2) is 8.79. The Kier molecular flexibility index (Phi) is 5.60. The zero-order valence-electron chi connectivity index (χ0n) is 20.5. The molecule has 35 heavy (non-hydrogen) atoms. The second-order valence-corrected chi connectivity index (χ2v) is 10.1. The molecule has 7 heteroatoms. The van der Waals surface area contributed by atoms with Crippen molar-refractivity contribution < 1.29 is 14.3 Å². The van der Waals surface area contributed by atoms with Gasteiger partial charge in [0.1, 0.15) is 17.6 Å². The molecule has 1 unspecified atom stereocenters. The maximum absolute atomic E-state index is 13.6. The fraction of sp³-hybridized carbons (Fsp3) is 0.464. The molecule has 4 aliphatic rings. The van der Waals surface area contributed by atoms with Crippen LogP contribution < -0.4 is 10.6 Å². The number of fused-ring (bicyclic) bond motifs is 4. The Hall–Kier alpha value is -3.19. The molecule has 4 heterocycles. The third-order valence-corrected chi connectivity index (χ3v) is 7.93. The number of carbonyl (C=O) groups is 1. The fourth-order valence-electron chi connectivity index (χ4n) is 6.21. The van der Waals surface area contributed by atoms with E-state index in [9.17, 15) is 4.79 Å². The first kappa shape index (κ1) is 22.3. The molecule has 0 spiro atoms. The Morgan fingerprint density at radius 2 is 1.97 bits per heavy atom. The van der Waals surface area contributed by atoms with E-state index >= 15 is 0 Å². The van der Waals surface area contributed by atoms with E-state index in [1.807, 2.05) is 13.0 Å². The summed E-state index contributed by atoms with van der Waals surface area (Å²) >= 11 is 0. The number of hydrogen-bond donors (Lipinski definition) is 2. The number of ether oxygens (including phenoxy) is 2. The van der Waals surface area contributed by atoms with Crippen LogP contribution in [0.2, 0.25) is 0 Å². The van der Waals surface area contributed by atoms with Crippen molar-refractivity contribution in [3.8, 4) is 0 Å². The van der Waals surface area contributed by atoms with Gasteiger partial charge in [-0.05, 0) is 31.9 Å². The summed E-state index contributed by atoms with van der Waals surface area (Å²) in [4.78, 5) is 18.0. The molecule has 7 nitrogen and oxygen atoms in total. The van der Waals surface area contributed by atoms with Crippen LogP contribution in [0.4, 0.5) is 5.69 Å². The van der Waals surface area contributed by atoms with E-state index in [4.69, 9.17) is 9.47 Å². The smallest absolute Gasteiger partial charge is 0.245 e. The van der Waals surface area contributed by atoms with Gasteiger partial charge in [0, 0.05) is 50.5 Å². The number of piperazine rings is 1.